The molecule has 1 atom stereocenters. The standard InChI is InChI=1S/C9H15NO/c1-4-6-10-9(11)7-8(3)5-2/h1,8H,5-7H2,2-3H3,(H,10,11)/t8-/m0/s1. The zero-order valence-corrected chi connectivity index (χ0v) is 7.18. The molecule has 0 unspecified atom stereocenters. The lowest BCUT2D eigenvalue weighted by Crippen LogP contribution is -2.24. The molecule has 62 valence electrons. The molecule has 0 aliphatic heterocycles. The van der Waals surface area contributed by atoms with Crippen molar-refractivity contribution in [3.8, 4) is 12.3 Å². The van der Waals surface area contributed by atoms with Gasteiger partial charge in [0.2, 0.25) is 5.91 Å². The Morgan fingerprint density at radius 2 is 2.36 bits per heavy atom. The van der Waals surface area contributed by atoms with Gasteiger partial charge in [-0.05, 0) is 5.92 Å². The second-order valence-corrected chi connectivity index (χ2v) is 2.70. The predicted molar refractivity (Wildman–Crippen MR) is 45.9 cm³/mol. The first kappa shape index (κ1) is 10.0. The molecule has 0 heterocycles. The molecule has 0 aromatic rings. The summed E-state index contributed by atoms with van der Waals surface area (Å²) in [6, 6.07) is 0. The Hall–Kier alpha value is -0.970. The summed E-state index contributed by atoms with van der Waals surface area (Å²) in [5, 5.41) is 2.62. The van der Waals surface area contributed by atoms with Gasteiger partial charge in [0.25, 0.3) is 0 Å². The van der Waals surface area contributed by atoms with Gasteiger partial charge in [-0.1, -0.05) is 26.2 Å². The Morgan fingerprint density at radius 1 is 1.73 bits per heavy atom. The third kappa shape index (κ3) is 5.47. The molecule has 0 saturated carbocycles. The molecule has 0 aromatic heterocycles. The number of nitrogens with one attached hydrogen (secondary N) is 1. The third-order valence-electron chi connectivity index (χ3n) is 1.62. The number of hydrogen-bond acceptors (Lipinski definition) is 1. The monoisotopic (exact) mass is 153 g/mol. The molecule has 0 radical (unpaired) electrons. The zero-order chi connectivity index (χ0) is 8.69. The molecule has 0 fully saturated rings. The van der Waals surface area contributed by atoms with Gasteiger partial charge in [-0.2, -0.15) is 0 Å². The van der Waals surface area contributed by atoms with Crippen molar-refractivity contribution in [2.45, 2.75) is 26.7 Å². The molecule has 0 spiro atoms. The minimum Gasteiger partial charge on any atom is -0.345 e. The van der Waals surface area contributed by atoms with Crippen LogP contribution in [0.1, 0.15) is 26.7 Å². The van der Waals surface area contributed by atoms with E-state index in [1.54, 1.807) is 0 Å². The molecule has 0 rings (SSSR count). The number of carbonyl (C=O) groups excluding carboxylic acids is 1. The van der Waals surface area contributed by atoms with Gasteiger partial charge in [0.1, 0.15) is 0 Å². The second kappa shape index (κ2) is 5.79. The molecular weight excluding hydrogens is 138 g/mol. The normalized spacial score (nSPS) is 11.7. The minimum atomic E-state index is 0.0531. The summed E-state index contributed by atoms with van der Waals surface area (Å²) in [5.41, 5.74) is 0. The van der Waals surface area contributed by atoms with Gasteiger partial charge in [-0.15, -0.1) is 6.42 Å². The van der Waals surface area contributed by atoms with E-state index in [0.29, 0.717) is 18.9 Å². The van der Waals surface area contributed by atoms with Crippen molar-refractivity contribution >= 4 is 5.91 Å². The van der Waals surface area contributed by atoms with Crippen molar-refractivity contribution < 1.29 is 4.79 Å². The van der Waals surface area contributed by atoms with Gasteiger partial charge in [-0.25, -0.2) is 0 Å². The average molecular weight is 153 g/mol. The first-order valence-electron chi connectivity index (χ1n) is 3.90. The molecule has 1 amide bonds. The summed E-state index contributed by atoms with van der Waals surface area (Å²) in [7, 11) is 0. The summed E-state index contributed by atoms with van der Waals surface area (Å²) < 4.78 is 0. The fourth-order valence-corrected chi connectivity index (χ4v) is 0.683. The van der Waals surface area contributed by atoms with Crippen LogP contribution >= 0.6 is 0 Å². The summed E-state index contributed by atoms with van der Waals surface area (Å²) in [5.74, 6) is 2.86. The van der Waals surface area contributed by atoms with Crippen LogP contribution < -0.4 is 5.32 Å². The lowest BCUT2D eigenvalue weighted by Gasteiger charge is -2.06. The van der Waals surface area contributed by atoms with Crippen molar-refractivity contribution in [2.24, 2.45) is 5.92 Å². The first-order valence-corrected chi connectivity index (χ1v) is 3.90. The molecule has 0 aliphatic rings. The third-order valence-corrected chi connectivity index (χ3v) is 1.62. The fraction of sp³-hybridized carbons (Fsp3) is 0.667. The molecule has 0 aromatic carbocycles. The first-order chi connectivity index (χ1) is 5.20. The smallest absolute Gasteiger partial charge is 0.221 e. The van der Waals surface area contributed by atoms with E-state index in [1.165, 1.54) is 0 Å². The number of hydrogen-bond donors (Lipinski definition) is 1. The van der Waals surface area contributed by atoms with Crippen LogP contribution in [0.2, 0.25) is 0 Å². The highest BCUT2D eigenvalue weighted by Gasteiger charge is 2.04. The number of amides is 1. The lowest BCUT2D eigenvalue weighted by molar-refractivity contribution is -0.121. The van der Waals surface area contributed by atoms with E-state index in [4.69, 9.17) is 6.42 Å². The summed E-state index contributed by atoms with van der Waals surface area (Å²) in [4.78, 5) is 11.0. The van der Waals surface area contributed by atoms with Gasteiger partial charge < -0.3 is 5.32 Å². The Morgan fingerprint density at radius 3 is 2.82 bits per heavy atom. The summed E-state index contributed by atoms with van der Waals surface area (Å²) in [6.07, 6.45) is 6.59. The van der Waals surface area contributed by atoms with Crippen LogP contribution in [0.25, 0.3) is 0 Å². The Balaban J connectivity index is 3.45. The molecule has 11 heavy (non-hydrogen) atoms. The average Bonchev–Trinajstić information content (AvgIpc) is 2.00. The molecular formula is C9H15NO. The maximum atomic E-state index is 11.0. The summed E-state index contributed by atoms with van der Waals surface area (Å²) >= 11 is 0. The molecule has 0 saturated heterocycles. The van der Waals surface area contributed by atoms with E-state index in [2.05, 4.69) is 25.1 Å². The maximum Gasteiger partial charge on any atom is 0.221 e. The van der Waals surface area contributed by atoms with E-state index in [0.717, 1.165) is 6.42 Å². The number of carbonyl (C=O) groups is 1. The fourth-order valence-electron chi connectivity index (χ4n) is 0.683. The highest BCUT2D eigenvalue weighted by molar-refractivity contribution is 5.76. The van der Waals surface area contributed by atoms with Crippen LogP contribution in [0.3, 0.4) is 0 Å². The van der Waals surface area contributed by atoms with E-state index >= 15 is 0 Å². The van der Waals surface area contributed by atoms with E-state index in [9.17, 15) is 4.79 Å². The largest absolute Gasteiger partial charge is 0.345 e. The highest BCUT2D eigenvalue weighted by atomic mass is 16.1. The zero-order valence-electron chi connectivity index (χ0n) is 7.18. The maximum absolute atomic E-state index is 11.0. The second-order valence-electron chi connectivity index (χ2n) is 2.70. The van der Waals surface area contributed by atoms with E-state index < -0.39 is 0 Å². The van der Waals surface area contributed by atoms with Crippen LogP contribution in [0, 0.1) is 18.3 Å². The van der Waals surface area contributed by atoms with Gasteiger partial charge in [0.05, 0.1) is 6.54 Å². The van der Waals surface area contributed by atoms with Crippen LogP contribution in [0.4, 0.5) is 0 Å². The highest BCUT2D eigenvalue weighted by Crippen LogP contribution is 2.04. The SMILES string of the molecule is C#CCNC(=O)C[C@@H](C)CC. The topological polar surface area (TPSA) is 29.1 Å². The van der Waals surface area contributed by atoms with E-state index in [-0.39, 0.29) is 5.91 Å². The molecule has 1 N–H and O–H groups in total. The van der Waals surface area contributed by atoms with Crippen molar-refractivity contribution in [3.63, 3.8) is 0 Å². The van der Waals surface area contributed by atoms with Gasteiger partial charge in [0, 0.05) is 6.42 Å². The van der Waals surface area contributed by atoms with Gasteiger partial charge in [0.15, 0.2) is 0 Å². The van der Waals surface area contributed by atoms with Gasteiger partial charge in [-0.3, -0.25) is 4.79 Å². The van der Waals surface area contributed by atoms with Crippen LogP contribution in [0.15, 0.2) is 0 Å². The molecule has 2 nitrogen and oxygen atoms in total. The number of rotatable bonds is 4. The molecule has 0 bridgehead atoms. The van der Waals surface area contributed by atoms with E-state index in [1.807, 2.05) is 0 Å². The quantitative estimate of drug-likeness (QED) is 0.603. The Bertz CT molecular complexity index is 157. The molecule has 2 heteroatoms. The predicted octanol–water partition coefficient (Wildman–Crippen LogP) is 1.17. The Labute approximate surface area is 68.4 Å². The lowest BCUT2D eigenvalue weighted by atomic mass is 10.1. The molecule has 0 aliphatic carbocycles. The van der Waals surface area contributed by atoms with Crippen LogP contribution in [-0.4, -0.2) is 12.5 Å². The number of terminal acetylenes is 1. The van der Waals surface area contributed by atoms with Crippen LogP contribution in [-0.2, 0) is 4.79 Å². The minimum absolute atomic E-state index is 0.0531. The van der Waals surface area contributed by atoms with Crippen molar-refractivity contribution in [2.75, 3.05) is 6.54 Å². The Kier molecular flexibility index (Phi) is 5.28. The van der Waals surface area contributed by atoms with Gasteiger partial charge >= 0.3 is 0 Å². The van der Waals surface area contributed by atoms with Crippen molar-refractivity contribution in [3.05, 3.63) is 0 Å². The van der Waals surface area contributed by atoms with Crippen LogP contribution in [0.5, 0.6) is 0 Å². The summed E-state index contributed by atoms with van der Waals surface area (Å²) in [6.45, 7) is 4.46. The van der Waals surface area contributed by atoms with Crippen molar-refractivity contribution in [1.82, 2.24) is 5.32 Å². The van der Waals surface area contributed by atoms with Crippen molar-refractivity contribution in [1.29, 1.82) is 0 Å².